The number of nitrogens with two attached hydrogens (primary N) is 1. The summed E-state index contributed by atoms with van der Waals surface area (Å²) in [5.74, 6) is -0.118. The number of sulfone groups is 1. The number of benzene rings is 1. The van der Waals surface area contributed by atoms with Gasteiger partial charge in [-0.05, 0) is 39.0 Å². The summed E-state index contributed by atoms with van der Waals surface area (Å²) in [4.78, 5) is 0.0571. The second-order valence-electron chi connectivity index (χ2n) is 4.97. The number of ether oxygens (including phenoxy) is 1. The van der Waals surface area contributed by atoms with Gasteiger partial charge in [-0.25, -0.2) is 8.42 Å². The fourth-order valence-electron chi connectivity index (χ4n) is 1.33. The highest BCUT2D eigenvalue weighted by Gasteiger charge is 2.20. The maximum absolute atomic E-state index is 12.1. The van der Waals surface area contributed by atoms with Crippen molar-refractivity contribution in [2.75, 3.05) is 18.1 Å². The lowest BCUT2D eigenvalue weighted by Gasteiger charge is -2.19. The maximum Gasteiger partial charge on any atom is 0.182 e. The third-order valence-corrected chi connectivity index (χ3v) is 4.33. The summed E-state index contributed by atoms with van der Waals surface area (Å²) in [7, 11) is -3.47. The first kappa shape index (κ1) is 15.3. The molecule has 0 saturated carbocycles. The Hall–Kier alpha value is -0.780. The van der Waals surface area contributed by atoms with Gasteiger partial charge in [0, 0.05) is 5.69 Å². The number of halogens is 1. The summed E-state index contributed by atoms with van der Waals surface area (Å²) in [5.41, 5.74) is 5.57. The molecule has 0 aliphatic rings. The van der Waals surface area contributed by atoms with Crippen LogP contribution in [0.4, 0.5) is 5.69 Å². The molecule has 102 valence electrons. The highest BCUT2D eigenvalue weighted by molar-refractivity contribution is 7.91. The van der Waals surface area contributed by atoms with Crippen LogP contribution in [0.25, 0.3) is 0 Å². The number of rotatable bonds is 4. The third-order valence-electron chi connectivity index (χ3n) is 2.18. The molecule has 0 atom stereocenters. The molecule has 0 aromatic heterocycles. The third kappa shape index (κ3) is 4.48. The minimum Gasteiger partial charge on any atom is -0.399 e. The van der Waals surface area contributed by atoms with Crippen LogP contribution in [0, 0.1) is 0 Å². The summed E-state index contributed by atoms with van der Waals surface area (Å²) < 4.78 is 29.5. The van der Waals surface area contributed by atoms with Crippen molar-refractivity contribution < 1.29 is 13.2 Å². The van der Waals surface area contributed by atoms with Crippen molar-refractivity contribution in [1.82, 2.24) is 0 Å². The Kier molecular flexibility index (Phi) is 4.64. The van der Waals surface area contributed by atoms with Crippen LogP contribution in [0.3, 0.4) is 0 Å². The number of nitrogen functional groups attached to an aromatic ring is 1. The number of anilines is 1. The second kappa shape index (κ2) is 5.47. The monoisotopic (exact) mass is 291 g/mol. The molecule has 0 unspecified atom stereocenters. The van der Waals surface area contributed by atoms with Crippen LogP contribution in [0.15, 0.2) is 23.1 Å². The smallest absolute Gasteiger partial charge is 0.182 e. The molecular weight excluding hydrogens is 274 g/mol. The molecule has 1 rings (SSSR count). The van der Waals surface area contributed by atoms with E-state index in [0.717, 1.165) is 0 Å². The van der Waals surface area contributed by atoms with Crippen LogP contribution in [-0.4, -0.2) is 26.4 Å². The highest BCUT2D eigenvalue weighted by Crippen LogP contribution is 2.24. The van der Waals surface area contributed by atoms with Crippen molar-refractivity contribution in [2.24, 2.45) is 0 Å². The number of hydrogen-bond acceptors (Lipinski definition) is 4. The molecule has 0 aliphatic carbocycles. The zero-order valence-corrected chi connectivity index (χ0v) is 12.3. The zero-order chi connectivity index (χ0) is 14.0. The van der Waals surface area contributed by atoms with E-state index in [9.17, 15) is 8.42 Å². The van der Waals surface area contributed by atoms with Crippen molar-refractivity contribution in [3.63, 3.8) is 0 Å². The summed E-state index contributed by atoms with van der Waals surface area (Å²) in [6.45, 7) is 5.73. The van der Waals surface area contributed by atoms with Gasteiger partial charge >= 0.3 is 0 Å². The van der Waals surface area contributed by atoms with Crippen molar-refractivity contribution in [3.05, 3.63) is 23.2 Å². The van der Waals surface area contributed by atoms with E-state index in [1.54, 1.807) is 6.07 Å². The largest absolute Gasteiger partial charge is 0.399 e. The van der Waals surface area contributed by atoms with Gasteiger partial charge in [-0.2, -0.15) is 0 Å². The van der Waals surface area contributed by atoms with Crippen molar-refractivity contribution in [3.8, 4) is 0 Å². The minimum atomic E-state index is -3.47. The van der Waals surface area contributed by atoms with Crippen LogP contribution in [0.2, 0.25) is 5.02 Å². The summed E-state index contributed by atoms with van der Waals surface area (Å²) >= 11 is 5.87. The highest BCUT2D eigenvalue weighted by atomic mass is 35.5. The topological polar surface area (TPSA) is 69.4 Å². The van der Waals surface area contributed by atoms with E-state index in [-0.39, 0.29) is 27.9 Å². The molecule has 1 aromatic carbocycles. The maximum atomic E-state index is 12.1. The van der Waals surface area contributed by atoms with Crippen LogP contribution >= 0.6 is 11.6 Å². The van der Waals surface area contributed by atoms with Gasteiger partial charge in [0.05, 0.1) is 27.9 Å². The Balaban J connectivity index is 2.84. The SMILES string of the molecule is CC(C)(C)OCCS(=O)(=O)c1cc(N)ccc1Cl. The van der Waals surface area contributed by atoms with Crippen LogP contribution in [-0.2, 0) is 14.6 Å². The fraction of sp³-hybridized carbons (Fsp3) is 0.500. The molecule has 0 saturated heterocycles. The van der Waals surface area contributed by atoms with Gasteiger partial charge in [0.25, 0.3) is 0 Å². The Morgan fingerprint density at radius 3 is 2.50 bits per heavy atom. The van der Waals surface area contributed by atoms with E-state index in [0.29, 0.717) is 5.69 Å². The molecule has 1 aromatic rings. The van der Waals surface area contributed by atoms with Crippen molar-refractivity contribution in [1.29, 1.82) is 0 Å². The Morgan fingerprint density at radius 1 is 1.33 bits per heavy atom. The first-order valence-electron chi connectivity index (χ1n) is 5.53. The lowest BCUT2D eigenvalue weighted by atomic mass is 10.2. The quantitative estimate of drug-likeness (QED) is 0.866. The summed E-state index contributed by atoms with van der Waals surface area (Å²) in [5, 5.41) is 0.181. The molecular formula is C12H18ClNO3S. The van der Waals surface area contributed by atoms with Crippen LogP contribution in [0.5, 0.6) is 0 Å². The van der Waals surface area contributed by atoms with Gasteiger partial charge in [-0.1, -0.05) is 11.6 Å². The van der Waals surface area contributed by atoms with Crippen LogP contribution < -0.4 is 5.73 Å². The van der Waals surface area contributed by atoms with E-state index >= 15 is 0 Å². The molecule has 0 radical (unpaired) electrons. The molecule has 18 heavy (non-hydrogen) atoms. The van der Waals surface area contributed by atoms with E-state index in [2.05, 4.69) is 0 Å². The Labute approximate surface area is 113 Å². The van der Waals surface area contributed by atoms with E-state index in [1.165, 1.54) is 12.1 Å². The molecule has 0 heterocycles. The van der Waals surface area contributed by atoms with Gasteiger partial charge < -0.3 is 10.5 Å². The molecule has 4 nitrogen and oxygen atoms in total. The molecule has 0 amide bonds. The summed E-state index contributed by atoms with van der Waals surface area (Å²) in [6, 6.07) is 4.41. The van der Waals surface area contributed by atoms with Gasteiger partial charge in [0.2, 0.25) is 0 Å². The molecule has 2 N–H and O–H groups in total. The first-order chi connectivity index (χ1) is 8.12. The molecule has 0 aliphatic heterocycles. The minimum absolute atomic E-state index is 0.0571. The molecule has 6 heteroatoms. The first-order valence-corrected chi connectivity index (χ1v) is 7.56. The van der Waals surface area contributed by atoms with Gasteiger partial charge in [0.1, 0.15) is 0 Å². The zero-order valence-electron chi connectivity index (χ0n) is 10.7. The van der Waals surface area contributed by atoms with Crippen molar-refractivity contribution in [2.45, 2.75) is 31.3 Å². The number of hydrogen-bond donors (Lipinski definition) is 1. The average molecular weight is 292 g/mol. The molecule has 0 bridgehead atoms. The normalized spacial score (nSPS) is 12.7. The van der Waals surface area contributed by atoms with E-state index in [4.69, 9.17) is 22.1 Å². The van der Waals surface area contributed by atoms with E-state index < -0.39 is 9.84 Å². The molecule has 0 spiro atoms. The lowest BCUT2D eigenvalue weighted by molar-refractivity contribution is 0.00644. The van der Waals surface area contributed by atoms with Gasteiger partial charge in [-0.15, -0.1) is 0 Å². The fourth-order valence-corrected chi connectivity index (χ4v) is 3.00. The summed E-state index contributed by atoms with van der Waals surface area (Å²) in [6.07, 6.45) is 0. The van der Waals surface area contributed by atoms with E-state index in [1.807, 2.05) is 20.8 Å². The van der Waals surface area contributed by atoms with Crippen molar-refractivity contribution >= 4 is 27.1 Å². The predicted molar refractivity (Wildman–Crippen MR) is 73.6 cm³/mol. The lowest BCUT2D eigenvalue weighted by Crippen LogP contribution is -2.23. The second-order valence-corrected chi connectivity index (χ2v) is 7.45. The Bertz CT molecular complexity index is 521. The van der Waals surface area contributed by atoms with Gasteiger partial charge in [-0.3, -0.25) is 0 Å². The standard InChI is InChI=1S/C12H18ClNO3S/c1-12(2,3)17-6-7-18(15,16)11-8-9(14)4-5-10(11)13/h4-5,8H,6-7,14H2,1-3H3. The predicted octanol–water partition coefficient (Wildman–Crippen LogP) is 2.51. The van der Waals surface area contributed by atoms with Crippen LogP contribution in [0.1, 0.15) is 20.8 Å². The van der Waals surface area contributed by atoms with Gasteiger partial charge in [0.15, 0.2) is 9.84 Å². The average Bonchev–Trinajstić information content (AvgIpc) is 2.19. The Morgan fingerprint density at radius 2 is 1.94 bits per heavy atom. The molecule has 0 fully saturated rings.